The average Bonchev–Trinajstić information content (AvgIpc) is 2.42. The van der Waals surface area contributed by atoms with Crippen LogP contribution in [0.25, 0.3) is 10.9 Å². The summed E-state index contributed by atoms with van der Waals surface area (Å²) in [5, 5.41) is 3.72. The van der Waals surface area contributed by atoms with E-state index in [1.807, 2.05) is 56.3 Å². The van der Waals surface area contributed by atoms with E-state index < -0.39 is 0 Å². The first-order valence-electron chi connectivity index (χ1n) is 6.46. The smallest absolute Gasteiger partial charge is 0.260 e. The van der Waals surface area contributed by atoms with Gasteiger partial charge >= 0.3 is 0 Å². The summed E-state index contributed by atoms with van der Waals surface area (Å²) in [6.07, 6.45) is 0. The van der Waals surface area contributed by atoms with Gasteiger partial charge in [0.2, 0.25) is 5.95 Å². The molecule has 4 nitrogen and oxygen atoms in total. The third-order valence-electron chi connectivity index (χ3n) is 3.18. The zero-order chi connectivity index (χ0) is 14.1. The van der Waals surface area contributed by atoms with Gasteiger partial charge in [0.1, 0.15) is 0 Å². The van der Waals surface area contributed by atoms with Crippen LogP contribution in [-0.2, 0) is 0 Å². The van der Waals surface area contributed by atoms with Crippen LogP contribution in [0.5, 0.6) is 0 Å². The van der Waals surface area contributed by atoms with Crippen molar-refractivity contribution in [3.8, 4) is 0 Å². The van der Waals surface area contributed by atoms with Crippen LogP contribution in [0.2, 0.25) is 0 Å². The molecule has 3 aromatic rings. The van der Waals surface area contributed by atoms with E-state index in [1.165, 1.54) is 5.56 Å². The van der Waals surface area contributed by atoms with Gasteiger partial charge in [0.25, 0.3) is 5.56 Å². The van der Waals surface area contributed by atoms with E-state index >= 15 is 0 Å². The van der Waals surface area contributed by atoms with E-state index in [2.05, 4.69) is 15.3 Å². The van der Waals surface area contributed by atoms with Gasteiger partial charge in [0.15, 0.2) is 0 Å². The predicted molar refractivity (Wildman–Crippen MR) is 81.6 cm³/mol. The Morgan fingerprint density at radius 1 is 1.00 bits per heavy atom. The third kappa shape index (κ3) is 2.40. The van der Waals surface area contributed by atoms with Crippen molar-refractivity contribution < 1.29 is 0 Å². The molecule has 0 aliphatic carbocycles. The zero-order valence-electron chi connectivity index (χ0n) is 11.4. The number of aromatic nitrogens is 2. The summed E-state index contributed by atoms with van der Waals surface area (Å²) < 4.78 is 0. The van der Waals surface area contributed by atoms with Gasteiger partial charge < -0.3 is 5.32 Å². The summed E-state index contributed by atoms with van der Waals surface area (Å²) in [6.45, 7) is 3.99. The van der Waals surface area contributed by atoms with Crippen molar-refractivity contribution >= 4 is 22.5 Å². The van der Waals surface area contributed by atoms with E-state index in [9.17, 15) is 4.79 Å². The molecular formula is C16H15N3O. The molecule has 3 rings (SSSR count). The Bertz CT molecular complexity index is 819. The summed E-state index contributed by atoms with van der Waals surface area (Å²) in [5.41, 5.74) is 3.68. The Kier molecular flexibility index (Phi) is 2.99. The number of hydrogen-bond donors (Lipinski definition) is 2. The van der Waals surface area contributed by atoms with Gasteiger partial charge in [0, 0.05) is 5.69 Å². The fourth-order valence-corrected chi connectivity index (χ4v) is 2.09. The first kappa shape index (κ1) is 12.4. The Morgan fingerprint density at radius 2 is 1.70 bits per heavy atom. The van der Waals surface area contributed by atoms with Crippen LogP contribution in [0.15, 0.2) is 47.3 Å². The molecule has 0 unspecified atom stereocenters. The number of hydrogen-bond acceptors (Lipinski definition) is 3. The molecule has 0 saturated carbocycles. The van der Waals surface area contributed by atoms with Gasteiger partial charge in [-0.1, -0.05) is 29.3 Å². The fourth-order valence-electron chi connectivity index (χ4n) is 2.09. The molecule has 2 aromatic carbocycles. The van der Waals surface area contributed by atoms with Crippen molar-refractivity contribution in [2.75, 3.05) is 5.32 Å². The molecule has 0 bridgehead atoms. The number of nitrogens with zero attached hydrogens (tertiary/aromatic N) is 1. The van der Waals surface area contributed by atoms with Crippen LogP contribution in [0.3, 0.4) is 0 Å². The minimum Gasteiger partial charge on any atom is -0.326 e. The minimum absolute atomic E-state index is 0.131. The number of anilines is 2. The van der Waals surface area contributed by atoms with Gasteiger partial charge in [-0.3, -0.25) is 9.78 Å². The highest BCUT2D eigenvalue weighted by molar-refractivity contribution is 5.79. The fraction of sp³-hybridized carbons (Fsp3) is 0.125. The second-order valence-corrected chi connectivity index (χ2v) is 4.93. The molecule has 1 aromatic heterocycles. The molecule has 0 atom stereocenters. The minimum atomic E-state index is -0.131. The highest BCUT2D eigenvalue weighted by Gasteiger charge is 2.04. The van der Waals surface area contributed by atoms with Crippen LogP contribution >= 0.6 is 0 Å². The monoisotopic (exact) mass is 265 g/mol. The number of aromatic amines is 1. The molecule has 4 heteroatoms. The first-order valence-corrected chi connectivity index (χ1v) is 6.46. The lowest BCUT2D eigenvalue weighted by atomic mass is 10.2. The van der Waals surface area contributed by atoms with E-state index in [0.29, 0.717) is 16.9 Å². The van der Waals surface area contributed by atoms with Crippen LogP contribution in [0.4, 0.5) is 11.6 Å². The number of rotatable bonds is 2. The van der Waals surface area contributed by atoms with Crippen LogP contribution in [0.1, 0.15) is 11.1 Å². The number of nitrogens with one attached hydrogen (secondary N) is 2. The number of H-pyrrole nitrogens is 1. The van der Waals surface area contributed by atoms with Gasteiger partial charge in [-0.25, -0.2) is 4.98 Å². The number of benzene rings is 2. The Balaban J connectivity index is 2.02. The maximum absolute atomic E-state index is 12.1. The van der Waals surface area contributed by atoms with Gasteiger partial charge in [0.05, 0.1) is 10.9 Å². The molecule has 0 fully saturated rings. The second kappa shape index (κ2) is 4.81. The van der Waals surface area contributed by atoms with Crippen molar-refractivity contribution in [3.05, 3.63) is 63.9 Å². The van der Waals surface area contributed by atoms with Crippen LogP contribution in [-0.4, -0.2) is 9.97 Å². The zero-order valence-corrected chi connectivity index (χ0v) is 11.4. The molecule has 0 aliphatic heterocycles. The summed E-state index contributed by atoms with van der Waals surface area (Å²) in [4.78, 5) is 19.3. The first-order chi connectivity index (χ1) is 9.61. The number of aryl methyl sites for hydroxylation is 2. The molecule has 100 valence electrons. The van der Waals surface area contributed by atoms with Crippen molar-refractivity contribution in [1.29, 1.82) is 0 Å². The van der Waals surface area contributed by atoms with Gasteiger partial charge in [-0.2, -0.15) is 0 Å². The molecule has 0 amide bonds. The molecule has 0 aliphatic rings. The van der Waals surface area contributed by atoms with Crippen molar-refractivity contribution in [2.24, 2.45) is 0 Å². The summed E-state index contributed by atoms with van der Waals surface area (Å²) in [5.74, 6) is 0.454. The van der Waals surface area contributed by atoms with Gasteiger partial charge in [-0.15, -0.1) is 0 Å². The van der Waals surface area contributed by atoms with Crippen LogP contribution in [0, 0.1) is 13.8 Å². The normalized spacial score (nSPS) is 10.7. The number of fused-ring (bicyclic) bond motifs is 1. The standard InChI is InChI=1S/C16H15N3O/c1-10-3-6-12(7-4-10)17-16-18-14-8-5-11(2)9-13(14)15(20)19-16/h3-9H,1-2H3,(H2,17,18,19,20). The predicted octanol–water partition coefficient (Wildman–Crippen LogP) is 3.28. The molecule has 0 spiro atoms. The van der Waals surface area contributed by atoms with Gasteiger partial charge in [-0.05, 0) is 38.1 Å². The quantitative estimate of drug-likeness (QED) is 0.747. The highest BCUT2D eigenvalue weighted by atomic mass is 16.1. The highest BCUT2D eigenvalue weighted by Crippen LogP contribution is 2.15. The van der Waals surface area contributed by atoms with E-state index in [0.717, 1.165) is 11.3 Å². The lowest BCUT2D eigenvalue weighted by Crippen LogP contribution is -2.11. The molecular weight excluding hydrogens is 250 g/mol. The summed E-state index contributed by atoms with van der Waals surface area (Å²) in [6, 6.07) is 13.6. The summed E-state index contributed by atoms with van der Waals surface area (Å²) >= 11 is 0. The molecule has 20 heavy (non-hydrogen) atoms. The lowest BCUT2D eigenvalue weighted by molar-refractivity contribution is 1.17. The lowest BCUT2D eigenvalue weighted by Gasteiger charge is -2.07. The Morgan fingerprint density at radius 3 is 2.45 bits per heavy atom. The third-order valence-corrected chi connectivity index (χ3v) is 3.18. The van der Waals surface area contributed by atoms with Crippen molar-refractivity contribution in [1.82, 2.24) is 9.97 Å². The van der Waals surface area contributed by atoms with E-state index in [4.69, 9.17) is 0 Å². The Labute approximate surface area is 116 Å². The Hall–Kier alpha value is -2.62. The maximum atomic E-state index is 12.1. The van der Waals surface area contributed by atoms with Crippen LogP contribution < -0.4 is 10.9 Å². The molecule has 0 radical (unpaired) electrons. The molecule has 2 N–H and O–H groups in total. The topological polar surface area (TPSA) is 57.8 Å². The molecule has 0 saturated heterocycles. The average molecular weight is 265 g/mol. The second-order valence-electron chi connectivity index (χ2n) is 4.93. The maximum Gasteiger partial charge on any atom is 0.260 e. The van der Waals surface area contributed by atoms with Crippen molar-refractivity contribution in [3.63, 3.8) is 0 Å². The summed E-state index contributed by atoms with van der Waals surface area (Å²) in [7, 11) is 0. The van der Waals surface area contributed by atoms with E-state index in [1.54, 1.807) is 0 Å². The SMILES string of the molecule is Cc1ccc(Nc2nc3ccc(C)cc3c(=O)[nH]2)cc1. The van der Waals surface area contributed by atoms with Crippen molar-refractivity contribution in [2.45, 2.75) is 13.8 Å². The van der Waals surface area contributed by atoms with E-state index in [-0.39, 0.29) is 5.56 Å². The molecule has 1 heterocycles. The largest absolute Gasteiger partial charge is 0.326 e.